The molecule has 0 aliphatic heterocycles. The molecule has 0 amide bonds. The van der Waals surface area contributed by atoms with Crippen LogP contribution in [0.5, 0.6) is 0 Å². The van der Waals surface area contributed by atoms with E-state index >= 15 is 0 Å². The van der Waals surface area contributed by atoms with Crippen LogP contribution in [0, 0.1) is 47.3 Å². The summed E-state index contributed by atoms with van der Waals surface area (Å²) in [7, 11) is 0. The Kier molecular flexibility index (Phi) is 0.954. The van der Waals surface area contributed by atoms with Crippen LogP contribution in [0.1, 0.15) is 12.8 Å². The highest BCUT2D eigenvalue weighted by atomic mass is 79.9. The highest BCUT2D eigenvalue weighted by molar-refractivity contribution is 9.25. The highest BCUT2D eigenvalue weighted by Crippen LogP contribution is 2.88. The number of hydrogen-bond acceptors (Lipinski definition) is 0. The van der Waals surface area contributed by atoms with Crippen molar-refractivity contribution in [2.45, 2.75) is 16.1 Å². The summed E-state index contributed by atoms with van der Waals surface area (Å²) in [6.07, 6.45) is 3.04. The lowest BCUT2D eigenvalue weighted by atomic mass is 9.30. The number of halogens is 2. The van der Waals surface area contributed by atoms with Crippen molar-refractivity contribution in [3.05, 3.63) is 0 Å². The predicted octanol–water partition coefficient (Wildman–Crippen LogP) is 3.25. The smallest absolute Gasteiger partial charge is 0.0724 e. The molecule has 8 unspecified atom stereocenters. The van der Waals surface area contributed by atoms with E-state index in [1.54, 1.807) is 6.42 Å². The maximum absolute atomic E-state index is 3.93. The Hall–Kier alpha value is 0.960. The maximum Gasteiger partial charge on any atom is 0.0842 e. The molecule has 0 saturated heterocycles. The summed E-state index contributed by atoms with van der Waals surface area (Å²) < 4.78 is 0.360. The molecule has 0 spiro atoms. The molecule has 0 N–H and O–H groups in total. The average Bonchev–Trinajstić information content (AvgIpc) is 2.32. The molecule has 6 fully saturated rings. The van der Waals surface area contributed by atoms with Gasteiger partial charge in [0.25, 0.3) is 0 Å². The molecule has 6 aliphatic rings. The zero-order valence-electron chi connectivity index (χ0n) is 7.29. The fourth-order valence-corrected chi connectivity index (χ4v) is 8.27. The molecule has 70 valence electrons. The monoisotopic (exact) mass is 302 g/mol. The fraction of sp³-hybridized carbons (Fsp3) is 1.00. The second-order valence-electron chi connectivity index (χ2n) is 6.03. The molecule has 0 aromatic heterocycles. The van der Waals surface area contributed by atoms with E-state index in [9.17, 15) is 0 Å². The van der Waals surface area contributed by atoms with Crippen molar-refractivity contribution in [1.29, 1.82) is 0 Å². The van der Waals surface area contributed by atoms with E-state index in [0.29, 0.717) is 3.23 Å². The maximum atomic E-state index is 3.93. The first-order chi connectivity index (χ1) is 6.20. The van der Waals surface area contributed by atoms with Crippen molar-refractivity contribution >= 4 is 31.9 Å². The lowest BCUT2D eigenvalue weighted by Gasteiger charge is -2.77. The summed E-state index contributed by atoms with van der Waals surface area (Å²) in [5.74, 6) is 9.16. The molecule has 0 heterocycles. The largest absolute Gasteiger partial charge is 0.0842 e. The molecule has 6 aliphatic carbocycles. The van der Waals surface area contributed by atoms with Crippen molar-refractivity contribution in [1.82, 2.24) is 0 Å². The van der Waals surface area contributed by atoms with Gasteiger partial charge in [0.05, 0.1) is 3.23 Å². The summed E-state index contributed by atoms with van der Waals surface area (Å²) in [6.45, 7) is 0. The van der Waals surface area contributed by atoms with E-state index in [0.717, 1.165) is 23.7 Å². The molecule has 2 heteroatoms. The van der Waals surface area contributed by atoms with Gasteiger partial charge < -0.3 is 0 Å². The number of hydrogen-bond donors (Lipinski definition) is 0. The van der Waals surface area contributed by atoms with Gasteiger partial charge in [-0.2, -0.15) is 0 Å². The van der Waals surface area contributed by atoms with Crippen LogP contribution in [0.4, 0.5) is 0 Å². The van der Waals surface area contributed by atoms with Crippen LogP contribution in [0.25, 0.3) is 0 Å². The minimum absolute atomic E-state index is 0.360. The molecule has 0 nitrogen and oxygen atoms in total. The Bertz CT molecular complexity index is 320. The molecule has 4 bridgehead atoms. The van der Waals surface area contributed by atoms with Crippen LogP contribution < -0.4 is 0 Å². The molecule has 6 saturated carbocycles. The summed E-state index contributed by atoms with van der Waals surface area (Å²) in [6, 6.07) is 0. The van der Waals surface area contributed by atoms with Crippen LogP contribution in [0.2, 0.25) is 0 Å². The standard InChI is InChI=1S/C11H12Br2/c12-11(13)2-5-3-1-4-6(5)9-7(4)8(3)10(9)11/h3-10H,1-2H2. The van der Waals surface area contributed by atoms with Crippen LogP contribution >= 0.6 is 31.9 Å². The normalized spacial score (nSPS) is 78.0. The Morgan fingerprint density at radius 2 is 1.69 bits per heavy atom. The topological polar surface area (TPSA) is 0 Å². The van der Waals surface area contributed by atoms with Gasteiger partial charge in [-0.05, 0) is 60.2 Å². The van der Waals surface area contributed by atoms with Crippen LogP contribution in [0.15, 0.2) is 0 Å². The van der Waals surface area contributed by atoms with E-state index in [2.05, 4.69) is 31.9 Å². The van der Waals surface area contributed by atoms with Crippen LogP contribution in [-0.2, 0) is 0 Å². The molecule has 13 heavy (non-hydrogen) atoms. The Morgan fingerprint density at radius 3 is 2.38 bits per heavy atom. The van der Waals surface area contributed by atoms with Crippen molar-refractivity contribution in [2.24, 2.45) is 47.3 Å². The first-order valence-electron chi connectivity index (χ1n) is 5.58. The third-order valence-corrected chi connectivity index (χ3v) is 7.93. The molecule has 0 radical (unpaired) electrons. The first-order valence-corrected chi connectivity index (χ1v) is 7.16. The second kappa shape index (κ2) is 1.71. The summed E-state index contributed by atoms with van der Waals surface area (Å²) >= 11 is 7.86. The zero-order valence-corrected chi connectivity index (χ0v) is 10.5. The average molecular weight is 304 g/mol. The molecule has 0 aromatic carbocycles. The molecule has 0 aromatic rings. The van der Waals surface area contributed by atoms with Crippen molar-refractivity contribution in [3.63, 3.8) is 0 Å². The lowest BCUT2D eigenvalue weighted by molar-refractivity contribution is -0.268. The predicted molar refractivity (Wildman–Crippen MR) is 57.7 cm³/mol. The highest BCUT2D eigenvalue weighted by Gasteiger charge is 2.84. The summed E-state index contributed by atoms with van der Waals surface area (Å²) in [5, 5.41) is 0. The van der Waals surface area contributed by atoms with Gasteiger partial charge in [-0.3, -0.25) is 0 Å². The van der Waals surface area contributed by atoms with Gasteiger partial charge in [0, 0.05) is 0 Å². The van der Waals surface area contributed by atoms with E-state index in [1.807, 2.05) is 0 Å². The second-order valence-corrected chi connectivity index (χ2v) is 9.92. The molecule has 8 atom stereocenters. The quantitative estimate of drug-likeness (QED) is 0.603. The van der Waals surface area contributed by atoms with E-state index in [-0.39, 0.29) is 0 Å². The molecular formula is C11H12Br2. The van der Waals surface area contributed by atoms with Gasteiger partial charge in [-0.25, -0.2) is 0 Å². The summed E-state index contributed by atoms with van der Waals surface area (Å²) in [5.41, 5.74) is 0. The first kappa shape index (κ1) is 7.27. The zero-order chi connectivity index (χ0) is 8.53. The van der Waals surface area contributed by atoms with Gasteiger partial charge in [0.15, 0.2) is 0 Å². The third kappa shape index (κ3) is 0.497. The van der Waals surface area contributed by atoms with Crippen LogP contribution in [-0.4, -0.2) is 3.23 Å². The number of alkyl halides is 2. The van der Waals surface area contributed by atoms with E-state index in [4.69, 9.17) is 0 Å². The fourth-order valence-electron chi connectivity index (χ4n) is 6.30. The van der Waals surface area contributed by atoms with E-state index < -0.39 is 0 Å². The Balaban J connectivity index is 1.75. The van der Waals surface area contributed by atoms with E-state index in [1.165, 1.54) is 30.1 Å². The molecule has 6 rings (SSSR count). The number of fused-ring (bicyclic) bond motifs is 1. The van der Waals surface area contributed by atoms with Crippen molar-refractivity contribution in [2.75, 3.05) is 0 Å². The Morgan fingerprint density at radius 1 is 0.846 bits per heavy atom. The van der Waals surface area contributed by atoms with Gasteiger partial charge in [0.1, 0.15) is 0 Å². The van der Waals surface area contributed by atoms with Crippen molar-refractivity contribution in [3.8, 4) is 0 Å². The number of rotatable bonds is 0. The SMILES string of the molecule is BrC1(Br)CC2C3CC4C2C2C4C3C21. The third-order valence-electron chi connectivity index (χ3n) is 6.23. The van der Waals surface area contributed by atoms with Gasteiger partial charge in [-0.1, -0.05) is 31.9 Å². The minimum Gasteiger partial charge on any atom is -0.0724 e. The van der Waals surface area contributed by atoms with Gasteiger partial charge in [0.2, 0.25) is 0 Å². The van der Waals surface area contributed by atoms with Gasteiger partial charge in [-0.15, -0.1) is 0 Å². The molecular weight excluding hydrogens is 292 g/mol. The lowest BCUT2D eigenvalue weighted by Crippen LogP contribution is -2.75. The van der Waals surface area contributed by atoms with Crippen molar-refractivity contribution < 1.29 is 0 Å². The van der Waals surface area contributed by atoms with Crippen LogP contribution in [0.3, 0.4) is 0 Å². The van der Waals surface area contributed by atoms with Gasteiger partial charge >= 0.3 is 0 Å². The summed E-state index contributed by atoms with van der Waals surface area (Å²) in [4.78, 5) is 0. The Labute approximate surface area is 95.1 Å². The minimum atomic E-state index is 0.360.